The van der Waals surface area contributed by atoms with E-state index in [0.29, 0.717) is 34.8 Å². The molecule has 1 fully saturated rings. The van der Waals surface area contributed by atoms with Crippen molar-refractivity contribution in [1.29, 1.82) is 5.26 Å². The van der Waals surface area contributed by atoms with Crippen molar-refractivity contribution < 1.29 is 13.2 Å². The number of nitriles is 1. The van der Waals surface area contributed by atoms with Gasteiger partial charge in [0.1, 0.15) is 5.82 Å². The lowest BCUT2D eigenvalue weighted by atomic mass is 10.1. The van der Waals surface area contributed by atoms with Crippen LogP contribution in [-0.2, 0) is 5.33 Å². The summed E-state index contributed by atoms with van der Waals surface area (Å²) in [7, 11) is 0. The van der Waals surface area contributed by atoms with E-state index in [-0.39, 0.29) is 10.6 Å². The number of thioether (sulfide) groups is 1. The van der Waals surface area contributed by atoms with Crippen molar-refractivity contribution in [3.63, 3.8) is 0 Å². The minimum atomic E-state index is -0.802. The van der Waals surface area contributed by atoms with Gasteiger partial charge in [0, 0.05) is 34.1 Å². The third-order valence-corrected chi connectivity index (χ3v) is 6.40. The molecule has 0 radical (unpaired) electrons. The molecule has 0 amide bonds. The highest BCUT2D eigenvalue weighted by atomic mass is 79.9. The summed E-state index contributed by atoms with van der Waals surface area (Å²) in [4.78, 5) is 2.24. The number of rotatable bonds is 4. The summed E-state index contributed by atoms with van der Waals surface area (Å²) in [5.74, 6) is -2.01. The molecule has 0 spiro atoms. The van der Waals surface area contributed by atoms with Crippen molar-refractivity contribution in [3.05, 3.63) is 58.9 Å². The average molecular weight is 441 g/mol. The van der Waals surface area contributed by atoms with Gasteiger partial charge in [-0.2, -0.15) is 5.26 Å². The van der Waals surface area contributed by atoms with E-state index in [4.69, 9.17) is 5.26 Å². The lowest BCUT2D eigenvalue weighted by Crippen LogP contribution is -2.35. The van der Waals surface area contributed by atoms with E-state index in [9.17, 15) is 13.2 Å². The standard InChI is InChI=1S/C19H16BrF3N2S/c20-10-13-2-4-17(19(23)18(13)22)26-14-5-7-25(8-6-14)16-3-1-12(11-24)9-15(16)21/h1-4,9,14H,5-8,10H2. The number of piperidine rings is 1. The van der Waals surface area contributed by atoms with Crippen LogP contribution < -0.4 is 4.90 Å². The fourth-order valence-corrected chi connectivity index (χ4v) is 4.57. The summed E-state index contributed by atoms with van der Waals surface area (Å²) >= 11 is 4.48. The second-order valence-electron chi connectivity index (χ2n) is 6.07. The van der Waals surface area contributed by atoms with Crippen molar-refractivity contribution in [1.82, 2.24) is 0 Å². The maximum Gasteiger partial charge on any atom is 0.172 e. The summed E-state index contributed by atoms with van der Waals surface area (Å²) < 4.78 is 42.2. The normalized spacial score (nSPS) is 15.1. The molecule has 1 aliphatic heterocycles. The Kier molecular flexibility index (Phi) is 6.15. The summed E-state index contributed by atoms with van der Waals surface area (Å²) in [6.07, 6.45) is 1.48. The molecule has 0 aromatic heterocycles. The summed E-state index contributed by atoms with van der Waals surface area (Å²) in [6, 6.07) is 9.59. The van der Waals surface area contributed by atoms with E-state index < -0.39 is 17.5 Å². The van der Waals surface area contributed by atoms with E-state index in [2.05, 4.69) is 15.9 Å². The molecule has 2 aromatic rings. The Morgan fingerprint density at radius 1 is 1.12 bits per heavy atom. The highest BCUT2D eigenvalue weighted by Gasteiger charge is 2.24. The zero-order valence-corrected chi connectivity index (χ0v) is 16.2. The summed E-state index contributed by atoms with van der Waals surface area (Å²) in [5.41, 5.74) is 1.07. The summed E-state index contributed by atoms with van der Waals surface area (Å²) in [6.45, 7) is 1.26. The van der Waals surface area contributed by atoms with Crippen LogP contribution in [0, 0.1) is 28.8 Å². The van der Waals surface area contributed by atoms with E-state index in [1.807, 2.05) is 11.0 Å². The largest absolute Gasteiger partial charge is 0.369 e. The third-order valence-electron chi connectivity index (χ3n) is 4.42. The minimum absolute atomic E-state index is 0.149. The van der Waals surface area contributed by atoms with Gasteiger partial charge in [0.15, 0.2) is 11.6 Å². The molecule has 0 atom stereocenters. The van der Waals surface area contributed by atoms with Gasteiger partial charge in [0.05, 0.1) is 17.3 Å². The quantitative estimate of drug-likeness (QED) is 0.576. The van der Waals surface area contributed by atoms with Gasteiger partial charge in [0.2, 0.25) is 0 Å². The first-order chi connectivity index (χ1) is 12.5. The van der Waals surface area contributed by atoms with E-state index >= 15 is 0 Å². The number of nitrogens with zero attached hydrogens (tertiary/aromatic N) is 2. The van der Waals surface area contributed by atoms with Gasteiger partial charge in [-0.1, -0.05) is 22.0 Å². The Morgan fingerprint density at radius 3 is 2.46 bits per heavy atom. The molecule has 1 saturated heterocycles. The molecule has 2 aromatic carbocycles. The minimum Gasteiger partial charge on any atom is -0.369 e. The van der Waals surface area contributed by atoms with E-state index in [0.717, 1.165) is 12.8 Å². The number of anilines is 1. The lowest BCUT2D eigenvalue weighted by molar-refractivity contribution is 0.485. The van der Waals surface area contributed by atoms with Gasteiger partial charge >= 0.3 is 0 Å². The van der Waals surface area contributed by atoms with Crippen molar-refractivity contribution in [2.45, 2.75) is 28.3 Å². The maximum absolute atomic E-state index is 14.2. The van der Waals surface area contributed by atoms with Crippen LogP contribution in [0.3, 0.4) is 0 Å². The first kappa shape index (κ1) is 19.1. The van der Waals surface area contributed by atoms with Crippen LogP contribution >= 0.6 is 27.7 Å². The highest BCUT2D eigenvalue weighted by Crippen LogP contribution is 2.35. The Morgan fingerprint density at radius 2 is 1.85 bits per heavy atom. The number of halogens is 4. The number of hydrogen-bond acceptors (Lipinski definition) is 3. The molecule has 1 heterocycles. The fraction of sp³-hybridized carbons (Fsp3) is 0.316. The van der Waals surface area contributed by atoms with Crippen LogP contribution in [0.1, 0.15) is 24.0 Å². The molecule has 0 N–H and O–H groups in total. The maximum atomic E-state index is 14.2. The molecular weight excluding hydrogens is 425 g/mol. The monoisotopic (exact) mass is 440 g/mol. The Hall–Kier alpha value is -1.65. The summed E-state index contributed by atoms with van der Waals surface area (Å²) in [5, 5.41) is 9.24. The Balaban J connectivity index is 1.64. The molecule has 136 valence electrons. The predicted octanol–water partition coefficient (Wildman–Crippen LogP) is 5.63. The topological polar surface area (TPSA) is 27.0 Å². The Labute approximate surface area is 163 Å². The SMILES string of the molecule is N#Cc1ccc(N2CCC(Sc3ccc(CBr)c(F)c3F)CC2)c(F)c1. The average Bonchev–Trinajstić information content (AvgIpc) is 2.66. The van der Waals surface area contributed by atoms with Crippen LogP contribution in [0.4, 0.5) is 18.9 Å². The third kappa shape index (κ3) is 4.02. The zero-order chi connectivity index (χ0) is 18.7. The second kappa shape index (κ2) is 8.36. The zero-order valence-electron chi connectivity index (χ0n) is 13.8. The van der Waals surface area contributed by atoms with Gasteiger partial charge < -0.3 is 4.90 Å². The van der Waals surface area contributed by atoms with Crippen molar-refractivity contribution >= 4 is 33.4 Å². The lowest BCUT2D eigenvalue weighted by Gasteiger charge is -2.33. The molecule has 2 nitrogen and oxygen atoms in total. The second-order valence-corrected chi connectivity index (χ2v) is 7.97. The van der Waals surface area contributed by atoms with E-state index in [1.54, 1.807) is 24.3 Å². The van der Waals surface area contributed by atoms with Gasteiger partial charge in [-0.15, -0.1) is 11.8 Å². The molecule has 7 heteroatoms. The highest BCUT2D eigenvalue weighted by molar-refractivity contribution is 9.08. The number of alkyl halides is 1. The van der Waals surface area contributed by atoms with Gasteiger partial charge in [-0.25, -0.2) is 13.2 Å². The first-order valence-corrected chi connectivity index (χ1v) is 10.2. The number of hydrogen-bond donors (Lipinski definition) is 0. The first-order valence-electron chi connectivity index (χ1n) is 8.17. The predicted molar refractivity (Wildman–Crippen MR) is 101 cm³/mol. The molecule has 0 unspecified atom stereocenters. The van der Waals surface area contributed by atoms with Crippen molar-refractivity contribution in [3.8, 4) is 6.07 Å². The van der Waals surface area contributed by atoms with Crippen LogP contribution in [0.25, 0.3) is 0 Å². The number of benzene rings is 2. The van der Waals surface area contributed by atoms with Gasteiger partial charge in [-0.05, 0) is 37.1 Å². The van der Waals surface area contributed by atoms with Crippen LogP contribution in [-0.4, -0.2) is 18.3 Å². The molecule has 3 rings (SSSR count). The molecule has 0 bridgehead atoms. The molecule has 26 heavy (non-hydrogen) atoms. The van der Waals surface area contributed by atoms with Crippen LogP contribution in [0.5, 0.6) is 0 Å². The molecule has 0 saturated carbocycles. The molecule has 0 aliphatic carbocycles. The fourth-order valence-electron chi connectivity index (χ4n) is 2.99. The van der Waals surface area contributed by atoms with Crippen molar-refractivity contribution in [2.75, 3.05) is 18.0 Å². The molecular formula is C19H16BrF3N2S. The van der Waals surface area contributed by atoms with Crippen LogP contribution in [0.15, 0.2) is 35.2 Å². The van der Waals surface area contributed by atoms with Crippen molar-refractivity contribution in [2.24, 2.45) is 0 Å². The Bertz CT molecular complexity index is 845. The van der Waals surface area contributed by atoms with Crippen LogP contribution in [0.2, 0.25) is 0 Å². The van der Waals surface area contributed by atoms with Gasteiger partial charge in [-0.3, -0.25) is 0 Å². The van der Waals surface area contributed by atoms with E-state index in [1.165, 1.54) is 17.8 Å². The smallest absolute Gasteiger partial charge is 0.172 e. The molecule has 1 aliphatic rings. The van der Waals surface area contributed by atoms with Gasteiger partial charge in [0.25, 0.3) is 0 Å².